The fraction of sp³-hybridized carbons (Fsp3) is 0.571. The zero-order chi connectivity index (χ0) is 9.84. The summed E-state index contributed by atoms with van der Waals surface area (Å²) in [6.07, 6.45) is -0.446. The van der Waals surface area contributed by atoms with Crippen molar-refractivity contribution < 1.29 is 5.11 Å². The highest BCUT2D eigenvalue weighted by atomic mass is 16.3. The van der Waals surface area contributed by atoms with E-state index in [1.807, 2.05) is 0 Å². The first-order valence-corrected chi connectivity index (χ1v) is 3.98. The summed E-state index contributed by atoms with van der Waals surface area (Å²) in [5, 5.41) is 11.8. The van der Waals surface area contributed by atoms with Gasteiger partial charge in [-0.05, 0) is 13.8 Å². The Morgan fingerprint density at radius 1 is 1.46 bits per heavy atom. The predicted octanol–water partition coefficient (Wildman–Crippen LogP) is -0.445. The van der Waals surface area contributed by atoms with Gasteiger partial charge in [0.25, 0.3) is 0 Å². The topological polar surface area (TPSA) is 97.0 Å². The Morgan fingerprint density at radius 2 is 2.15 bits per heavy atom. The van der Waals surface area contributed by atoms with Crippen LogP contribution in [0.4, 0.5) is 11.9 Å². The average molecular weight is 183 g/mol. The van der Waals surface area contributed by atoms with Crippen LogP contribution in [-0.2, 0) is 0 Å². The Kier molecular flexibility index (Phi) is 2.97. The molecule has 0 aliphatic carbocycles. The van der Waals surface area contributed by atoms with Gasteiger partial charge in [0.05, 0.1) is 6.10 Å². The average Bonchev–Trinajstić information content (AvgIpc) is 1.99. The molecule has 0 fully saturated rings. The fourth-order valence-corrected chi connectivity index (χ4v) is 0.821. The summed E-state index contributed by atoms with van der Waals surface area (Å²) in [6.45, 7) is 3.79. The van der Waals surface area contributed by atoms with Crippen molar-refractivity contribution in [2.75, 3.05) is 17.6 Å². The van der Waals surface area contributed by atoms with Crippen molar-refractivity contribution in [1.29, 1.82) is 0 Å². The first kappa shape index (κ1) is 9.66. The fourth-order valence-electron chi connectivity index (χ4n) is 0.821. The van der Waals surface area contributed by atoms with Gasteiger partial charge in [-0.25, -0.2) is 0 Å². The summed E-state index contributed by atoms with van der Waals surface area (Å²) in [5.41, 5.74) is 5.40. The van der Waals surface area contributed by atoms with E-state index >= 15 is 0 Å². The van der Waals surface area contributed by atoms with E-state index in [1.165, 1.54) is 0 Å². The lowest BCUT2D eigenvalue weighted by Crippen LogP contribution is -2.17. The maximum atomic E-state index is 8.99. The zero-order valence-corrected chi connectivity index (χ0v) is 7.65. The third-order valence-electron chi connectivity index (χ3n) is 1.32. The van der Waals surface area contributed by atoms with Crippen molar-refractivity contribution in [3.05, 3.63) is 5.82 Å². The number of nitrogens with two attached hydrogens (primary N) is 1. The van der Waals surface area contributed by atoms with E-state index in [2.05, 4.69) is 20.3 Å². The minimum absolute atomic E-state index is 0.181. The Hall–Kier alpha value is -1.43. The number of aromatic nitrogens is 3. The number of nitrogens with one attached hydrogen (secondary N) is 1. The number of nitrogen functional groups attached to an aromatic ring is 1. The number of nitrogens with zero attached hydrogens (tertiary/aromatic N) is 3. The highest BCUT2D eigenvalue weighted by molar-refractivity contribution is 5.30. The molecule has 0 aromatic carbocycles. The lowest BCUT2D eigenvalue weighted by molar-refractivity contribution is 0.208. The van der Waals surface area contributed by atoms with Gasteiger partial charge in [-0.3, -0.25) is 0 Å². The lowest BCUT2D eigenvalue weighted by Gasteiger charge is -2.06. The van der Waals surface area contributed by atoms with Crippen molar-refractivity contribution in [3.8, 4) is 0 Å². The molecule has 1 unspecified atom stereocenters. The highest BCUT2D eigenvalue weighted by Gasteiger charge is 2.01. The van der Waals surface area contributed by atoms with Gasteiger partial charge in [0, 0.05) is 6.54 Å². The number of aliphatic hydroxyl groups is 1. The van der Waals surface area contributed by atoms with Crippen LogP contribution in [0.5, 0.6) is 0 Å². The monoisotopic (exact) mass is 183 g/mol. The second-order valence-corrected chi connectivity index (χ2v) is 2.79. The minimum atomic E-state index is -0.446. The van der Waals surface area contributed by atoms with Crippen LogP contribution >= 0.6 is 0 Å². The highest BCUT2D eigenvalue weighted by Crippen LogP contribution is 2.01. The second kappa shape index (κ2) is 3.99. The Morgan fingerprint density at radius 3 is 2.69 bits per heavy atom. The van der Waals surface area contributed by atoms with Gasteiger partial charge in [-0.2, -0.15) is 15.0 Å². The van der Waals surface area contributed by atoms with Crippen LogP contribution in [0.3, 0.4) is 0 Å². The molecular weight excluding hydrogens is 170 g/mol. The summed E-state index contributed by atoms with van der Waals surface area (Å²) < 4.78 is 0. The van der Waals surface area contributed by atoms with Gasteiger partial charge in [0.2, 0.25) is 11.9 Å². The van der Waals surface area contributed by atoms with Crippen LogP contribution in [0.15, 0.2) is 0 Å². The van der Waals surface area contributed by atoms with Crippen molar-refractivity contribution in [2.24, 2.45) is 0 Å². The van der Waals surface area contributed by atoms with E-state index in [0.717, 1.165) is 0 Å². The van der Waals surface area contributed by atoms with E-state index in [4.69, 9.17) is 10.8 Å². The number of aryl methyl sites for hydroxylation is 1. The maximum absolute atomic E-state index is 8.99. The largest absolute Gasteiger partial charge is 0.392 e. The quantitative estimate of drug-likeness (QED) is 0.587. The summed E-state index contributed by atoms with van der Waals surface area (Å²) in [7, 11) is 0. The van der Waals surface area contributed by atoms with E-state index in [0.29, 0.717) is 18.3 Å². The predicted molar refractivity (Wildman–Crippen MR) is 49.1 cm³/mol. The molecule has 0 amide bonds. The SMILES string of the molecule is Cc1nc(N)nc(NCC(C)O)n1. The molecule has 4 N–H and O–H groups in total. The Bertz CT molecular complexity index is 268. The van der Waals surface area contributed by atoms with Gasteiger partial charge >= 0.3 is 0 Å². The molecule has 13 heavy (non-hydrogen) atoms. The molecule has 6 heteroatoms. The number of hydrogen-bond acceptors (Lipinski definition) is 6. The molecule has 1 aromatic rings. The normalized spacial score (nSPS) is 12.5. The van der Waals surface area contributed by atoms with E-state index in [-0.39, 0.29) is 5.95 Å². The van der Waals surface area contributed by atoms with Crippen LogP contribution < -0.4 is 11.1 Å². The zero-order valence-electron chi connectivity index (χ0n) is 7.65. The third-order valence-corrected chi connectivity index (χ3v) is 1.32. The van der Waals surface area contributed by atoms with Crippen molar-refractivity contribution in [1.82, 2.24) is 15.0 Å². The molecule has 1 aromatic heterocycles. The summed E-state index contributed by atoms with van der Waals surface area (Å²) in [5.74, 6) is 1.13. The molecular formula is C7H13N5O. The van der Waals surface area contributed by atoms with Gasteiger partial charge in [0.1, 0.15) is 5.82 Å². The van der Waals surface area contributed by atoms with E-state index < -0.39 is 6.10 Å². The summed E-state index contributed by atoms with van der Waals surface area (Å²) in [6, 6.07) is 0. The Labute approximate surface area is 76.2 Å². The molecule has 0 bridgehead atoms. The molecule has 72 valence electrons. The Balaban J connectivity index is 2.66. The third kappa shape index (κ3) is 3.20. The summed E-state index contributed by atoms with van der Waals surface area (Å²) >= 11 is 0. The molecule has 0 aliphatic heterocycles. The van der Waals surface area contributed by atoms with Crippen molar-refractivity contribution in [2.45, 2.75) is 20.0 Å². The second-order valence-electron chi connectivity index (χ2n) is 2.79. The van der Waals surface area contributed by atoms with Gasteiger partial charge in [-0.15, -0.1) is 0 Å². The molecule has 0 saturated heterocycles. The van der Waals surface area contributed by atoms with E-state index in [9.17, 15) is 0 Å². The molecule has 0 saturated carbocycles. The molecule has 1 rings (SSSR count). The van der Waals surface area contributed by atoms with Gasteiger partial charge in [0.15, 0.2) is 0 Å². The molecule has 0 spiro atoms. The number of hydrogen-bond donors (Lipinski definition) is 3. The van der Waals surface area contributed by atoms with Crippen LogP contribution in [0, 0.1) is 6.92 Å². The lowest BCUT2D eigenvalue weighted by atomic mass is 10.4. The van der Waals surface area contributed by atoms with Crippen molar-refractivity contribution >= 4 is 11.9 Å². The van der Waals surface area contributed by atoms with Crippen molar-refractivity contribution in [3.63, 3.8) is 0 Å². The first-order chi connectivity index (χ1) is 6.08. The molecule has 1 heterocycles. The number of anilines is 2. The molecule has 0 radical (unpaired) electrons. The molecule has 6 nitrogen and oxygen atoms in total. The van der Waals surface area contributed by atoms with Crippen LogP contribution in [0.1, 0.15) is 12.7 Å². The standard InChI is InChI=1S/C7H13N5O/c1-4(13)3-9-7-11-5(2)10-6(8)12-7/h4,13H,3H2,1-2H3,(H3,8,9,10,11,12). The van der Waals surface area contributed by atoms with Crippen LogP contribution in [0.25, 0.3) is 0 Å². The molecule has 0 aliphatic rings. The van der Waals surface area contributed by atoms with E-state index in [1.54, 1.807) is 13.8 Å². The van der Waals surface area contributed by atoms with Gasteiger partial charge in [-0.1, -0.05) is 0 Å². The van der Waals surface area contributed by atoms with Crippen LogP contribution in [-0.4, -0.2) is 32.7 Å². The minimum Gasteiger partial charge on any atom is -0.392 e. The maximum Gasteiger partial charge on any atom is 0.227 e. The number of rotatable bonds is 3. The van der Waals surface area contributed by atoms with Gasteiger partial charge < -0.3 is 16.2 Å². The summed E-state index contributed by atoms with van der Waals surface area (Å²) in [4.78, 5) is 11.6. The van der Waals surface area contributed by atoms with Crippen LogP contribution in [0.2, 0.25) is 0 Å². The number of aliphatic hydroxyl groups excluding tert-OH is 1. The molecule has 1 atom stereocenters. The smallest absolute Gasteiger partial charge is 0.227 e. The first-order valence-electron chi connectivity index (χ1n) is 3.98.